The quantitative estimate of drug-likeness (QED) is 0.350. The summed E-state index contributed by atoms with van der Waals surface area (Å²) in [4.78, 5) is 0. The van der Waals surface area contributed by atoms with Crippen molar-refractivity contribution < 1.29 is 22.4 Å². The fourth-order valence-corrected chi connectivity index (χ4v) is 0.696. The summed E-state index contributed by atoms with van der Waals surface area (Å²) >= 11 is 0. The van der Waals surface area contributed by atoms with Gasteiger partial charge in [-0.2, -0.15) is 8.42 Å². The Morgan fingerprint density at radius 3 is 2.64 bits per heavy atom. The van der Waals surface area contributed by atoms with Crippen molar-refractivity contribution in [3.8, 4) is 0 Å². The van der Waals surface area contributed by atoms with Crippen LogP contribution in [0.15, 0.2) is 12.8 Å². The first-order valence-corrected chi connectivity index (χ1v) is 4.56. The lowest BCUT2D eigenvalue weighted by Gasteiger charge is -2.07. The van der Waals surface area contributed by atoms with Gasteiger partial charge in [-0.3, -0.25) is 4.18 Å². The van der Waals surface area contributed by atoms with Gasteiger partial charge >= 0.3 is 0 Å². The number of aliphatic hydroxyl groups excluding tert-OH is 1. The minimum Gasteiger partial charge on any atom is -0.471 e. The molecule has 6 heteroatoms. The standard InChI is InChI=1S/C5H10O5S/c1-3-9-5(6)4-10-11(2,7)8/h3,5-6H,1,4H2,2H3. The van der Waals surface area contributed by atoms with Gasteiger partial charge in [-0.1, -0.05) is 6.58 Å². The molecule has 0 heterocycles. The van der Waals surface area contributed by atoms with Crippen molar-refractivity contribution >= 4 is 10.1 Å². The summed E-state index contributed by atoms with van der Waals surface area (Å²) in [6, 6.07) is 0. The van der Waals surface area contributed by atoms with Gasteiger partial charge in [0.2, 0.25) is 6.29 Å². The summed E-state index contributed by atoms with van der Waals surface area (Å²) in [5.74, 6) is 0. The number of hydrogen-bond donors (Lipinski definition) is 1. The Kier molecular flexibility index (Phi) is 4.09. The molecule has 0 aliphatic heterocycles. The zero-order chi connectivity index (χ0) is 8.91. The van der Waals surface area contributed by atoms with E-state index < -0.39 is 23.0 Å². The first-order chi connectivity index (χ1) is 4.95. The lowest BCUT2D eigenvalue weighted by Crippen LogP contribution is -2.19. The average molecular weight is 182 g/mol. The van der Waals surface area contributed by atoms with Gasteiger partial charge in [-0.05, 0) is 0 Å². The minimum atomic E-state index is -3.51. The van der Waals surface area contributed by atoms with Crippen molar-refractivity contribution in [1.29, 1.82) is 0 Å². The van der Waals surface area contributed by atoms with Crippen LogP contribution in [0.4, 0.5) is 0 Å². The second-order valence-corrected chi connectivity index (χ2v) is 3.39. The third-order valence-corrected chi connectivity index (χ3v) is 1.24. The zero-order valence-electron chi connectivity index (χ0n) is 6.06. The van der Waals surface area contributed by atoms with Gasteiger partial charge in [-0.15, -0.1) is 0 Å². The average Bonchev–Trinajstić information content (AvgIpc) is 1.83. The fraction of sp³-hybridized carbons (Fsp3) is 0.600. The van der Waals surface area contributed by atoms with Crippen LogP contribution in [0.5, 0.6) is 0 Å². The molecule has 0 saturated carbocycles. The Hall–Kier alpha value is -0.590. The summed E-state index contributed by atoms with van der Waals surface area (Å²) in [7, 11) is -3.51. The van der Waals surface area contributed by atoms with Crippen LogP contribution in [0.2, 0.25) is 0 Å². The third-order valence-electron chi connectivity index (χ3n) is 0.678. The van der Waals surface area contributed by atoms with Crippen LogP contribution in [0.25, 0.3) is 0 Å². The van der Waals surface area contributed by atoms with Gasteiger partial charge in [0, 0.05) is 0 Å². The van der Waals surface area contributed by atoms with Crippen LogP contribution in [-0.4, -0.2) is 32.7 Å². The van der Waals surface area contributed by atoms with E-state index in [2.05, 4.69) is 15.5 Å². The molecule has 0 saturated heterocycles. The molecule has 0 rings (SSSR count). The largest absolute Gasteiger partial charge is 0.471 e. The van der Waals surface area contributed by atoms with Crippen LogP contribution >= 0.6 is 0 Å². The van der Waals surface area contributed by atoms with E-state index in [-0.39, 0.29) is 0 Å². The van der Waals surface area contributed by atoms with E-state index in [4.69, 9.17) is 5.11 Å². The summed E-state index contributed by atoms with van der Waals surface area (Å²) in [6.07, 6.45) is 0.589. The first kappa shape index (κ1) is 10.4. The molecule has 0 aromatic rings. The highest BCUT2D eigenvalue weighted by atomic mass is 32.2. The Bertz CT molecular complexity index is 207. The number of aliphatic hydroxyl groups is 1. The summed E-state index contributed by atoms with van der Waals surface area (Å²) in [5, 5.41) is 8.73. The van der Waals surface area contributed by atoms with Crippen LogP contribution in [0.1, 0.15) is 0 Å². The molecule has 1 unspecified atom stereocenters. The molecule has 0 fully saturated rings. The molecule has 0 amide bonds. The minimum absolute atomic E-state index is 0.426. The van der Waals surface area contributed by atoms with Gasteiger partial charge in [0.15, 0.2) is 0 Å². The summed E-state index contributed by atoms with van der Waals surface area (Å²) in [5.41, 5.74) is 0. The molecule has 66 valence electrons. The van der Waals surface area contributed by atoms with E-state index in [9.17, 15) is 8.42 Å². The lowest BCUT2D eigenvalue weighted by atomic mass is 10.7. The van der Waals surface area contributed by atoms with E-state index in [0.717, 1.165) is 12.5 Å². The van der Waals surface area contributed by atoms with Crippen LogP contribution in [-0.2, 0) is 19.0 Å². The molecular weight excluding hydrogens is 172 g/mol. The maximum Gasteiger partial charge on any atom is 0.264 e. The predicted molar refractivity (Wildman–Crippen MR) is 38.1 cm³/mol. The van der Waals surface area contributed by atoms with Crippen molar-refractivity contribution in [2.75, 3.05) is 12.9 Å². The van der Waals surface area contributed by atoms with Gasteiger partial charge < -0.3 is 9.84 Å². The molecule has 0 aromatic heterocycles. The molecule has 0 aliphatic rings. The molecule has 0 aromatic carbocycles. The maximum atomic E-state index is 10.3. The summed E-state index contributed by atoms with van der Waals surface area (Å²) in [6.45, 7) is 2.73. The molecule has 0 aliphatic carbocycles. The number of rotatable bonds is 5. The Labute approximate surface area is 65.4 Å². The van der Waals surface area contributed by atoms with Crippen molar-refractivity contribution in [3.63, 3.8) is 0 Å². The highest BCUT2D eigenvalue weighted by Crippen LogP contribution is 1.92. The van der Waals surface area contributed by atoms with Gasteiger partial charge in [0.25, 0.3) is 10.1 Å². The summed E-state index contributed by atoms with van der Waals surface area (Å²) < 4.78 is 29.2. The van der Waals surface area contributed by atoms with Gasteiger partial charge in [0.05, 0.1) is 12.5 Å². The molecule has 5 nitrogen and oxygen atoms in total. The lowest BCUT2D eigenvalue weighted by molar-refractivity contribution is -0.0755. The van der Waals surface area contributed by atoms with Crippen molar-refractivity contribution in [2.45, 2.75) is 6.29 Å². The second kappa shape index (κ2) is 4.32. The van der Waals surface area contributed by atoms with E-state index in [1.54, 1.807) is 0 Å². The zero-order valence-corrected chi connectivity index (χ0v) is 6.87. The van der Waals surface area contributed by atoms with E-state index >= 15 is 0 Å². The van der Waals surface area contributed by atoms with E-state index in [0.29, 0.717) is 0 Å². The molecule has 0 radical (unpaired) electrons. The van der Waals surface area contributed by atoms with Crippen LogP contribution in [0, 0.1) is 0 Å². The van der Waals surface area contributed by atoms with Gasteiger partial charge in [0.1, 0.15) is 6.61 Å². The van der Waals surface area contributed by atoms with Crippen molar-refractivity contribution in [1.82, 2.24) is 0 Å². The maximum absolute atomic E-state index is 10.3. The normalized spacial score (nSPS) is 14.0. The van der Waals surface area contributed by atoms with Crippen molar-refractivity contribution in [3.05, 3.63) is 12.8 Å². The highest BCUT2D eigenvalue weighted by molar-refractivity contribution is 7.85. The molecular formula is C5H10O5S. The fourth-order valence-electron chi connectivity index (χ4n) is 0.332. The monoisotopic (exact) mass is 182 g/mol. The topological polar surface area (TPSA) is 72.8 Å². The first-order valence-electron chi connectivity index (χ1n) is 2.74. The molecule has 11 heavy (non-hydrogen) atoms. The van der Waals surface area contributed by atoms with Crippen LogP contribution < -0.4 is 0 Å². The van der Waals surface area contributed by atoms with Crippen molar-refractivity contribution in [2.24, 2.45) is 0 Å². The Morgan fingerprint density at radius 1 is 1.73 bits per heavy atom. The second-order valence-electron chi connectivity index (χ2n) is 1.75. The molecule has 0 bridgehead atoms. The Morgan fingerprint density at radius 2 is 2.27 bits per heavy atom. The SMILES string of the molecule is C=COC(O)COS(C)(=O)=O. The molecule has 1 N–H and O–H groups in total. The van der Waals surface area contributed by atoms with E-state index in [1.165, 1.54) is 0 Å². The highest BCUT2D eigenvalue weighted by Gasteiger charge is 2.07. The number of ether oxygens (including phenoxy) is 1. The molecule has 1 atom stereocenters. The van der Waals surface area contributed by atoms with E-state index in [1.807, 2.05) is 0 Å². The predicted octanol–water partition coefficient (Wildman–Crippen LogP) is -0.559. The smallest absolute Gasteiger partial charge is 0.264 e. The van der Waals surface area contributed by atoms with Crippen LogP contribution in [0.3, 0.4) is 0 Å². The third kappa shape index (κ3) is 7.31. The van der Waals surface area contributed by atoms with Gasteiger partial charge in [-0.25, -0.2) is 0 Å². The Balaban J connectivity index is 3.62. The number of hydrogen-bond acceptors (Lipinski definition) is 5. The molecule has 0 spiro atoms.